The van der Waals surface area contributed by atoms with E-state index >= 15 is 0 Å². The number of hydrogen-bond acceptors (Lipinski definition) is 13. The number of anilines is 4. The molecule has 0 saturated carbocycles. The zero-order valence-electron chi connectivity index (χ0n) is 20.8. The second-order valence-electron chi connectivity index (χ2n) is 7.20. The molecule has 0 atom stereocenters. The number of nitrogens with one attached hydrogen (secondary N) is 3. The summed E-state index contributed by atoms with van der Waals surface area (Å²) in [6, 6.07) is 6.68. The summed E-state index contributed by atoms with van der Waals surface area (Å²) in [5.41, 5.74) is -0.529. The molecule has 0 aliphatic heterocycles. The summed E-state index contributed by atoms with van der Waals surface area (Å²) in [6.45, 7) is 1.16. The number of carbonyl (C=O) groups is 1. The van der Waals surface area contributed by atoms with E-state index in [9.17, 15) is 39.5 Å². The first-order chi connectivity index (χ1) is 17.6. The van der Waals surface area contributed by atoms with E-state index in [4.69, 9.17) is 11.6 Å². The molecule has 1 aromatic heterocycles. The fourth-order valence-electron chi connectivity index (χ4n) is 2.80. The van der Waals surface area contributed by atoms with Crippen LogP contribution in [0.1, 0.15) is 6.92 Å². The van der Waals surface area contributed by atoms with E-state index in [-0.39, 0.29) is 81.9 Å². The van der Waals surface area contributed by atoms with Crippen molar-refractivity contribution in [2.75, 3.05) is 21.8 Å². The normalized spacial score (nSPS) is 11.3. The Balaban J connectivity index is 0.00000400. The standard InChI is InChI=1S/C19H16ClF2N7O7S2.2Na/c1-9(30)24-13-6-10(23-8-37(31,32)33)2-4-12(13)28-29-14-7-11(3-5-15(14)38(34,35)36)25-18-16(20)17(21)26-19(22)27-18;;/h2-7,23H,8H2,1H3,(H,24,30)(H,25,26,27)(H,31,32,33)(H,34,35,36);;/q;2*+1/p-2. The summed E-state index contributed by atoms with van der Waals surface area (Å²) in [4.78, 5) is 16.9. The van der Waals surface area contributed by atoms with Crippen LogP contribution in [0, 0.1) is 12.0 Å². The van der Waals surface area contributed by atoms with Gasteiger partial charge in [-0.2, -0.15) is 18.7 Å². The minimum atomic E-state index is -5.08. The fraction of sp³-hybridized carbons (Fsp3) is 0.105. The maximum absolute atomic E-state index is 13.6. The van der Waals surface area contributed by atoms with Crippen molar-refractivity contribution in [3.63, 3.8) is 0 Å². The number of carbonyl (C=O) groups excluding carboxylic acids is 1. The van der Waals surface area contributed by atoms with E-state index < -0.39 is 65.5 Å². The van der Waals surface area contributed by atoms with Crippen LogP contribution in [-0.4, -0.2) is 47.7 Å². The second-order valence-corrected chi connectivity index (χ2v) is 10.3. The van der Waals surface area contributed by atoms with E-state index in [1.54, 1.807) is 0 Å². The number of nitrogens with zero attached hydrogens (tertiary/aromatic N) is 4. The van der Waals surface area contributed by atoms with Gasteiger partial charge in [0.1, 0.15) is 42.5 Å². The zero-order valence-corrected chi connectivity index (χ0v) is 27.2. The third kappa shape index (κ3) is 10.5. The Kier molecular flexibility index (Phi) is 13.5. The molecule has 1 heterocycles. The van der Waals surface area contributed by atoms with Gasteiger partial charge in [-0.05, 0) is 36.4 Å². The topological polar surface area (TPSA) is 218 Å². The van der Waals surface area contributed by atoms with Gasteiger partial charge in [0.15, 0.2) is 5.82 Å². The summed E-state index contributed by atoms with van der Waals surface area (Å²) in [5, 5.41) is 14.1. The van der Waals surface area contributed by atoms with Crippen LogP contribution < -0.4 is 75.1 Å². The van der Waals surface area contributed by atoms with Crippen LogP contribution in [0.5, 0.6) is 0 Å². The molecule has 21 heteroatoms. The first-order valence-electron chi connectivity index (χ1n) is 9.89. The molecule has 14 nitrogen and oxygen atoms in total. The first-order valence-corrected chi connectivity index (χ1v) is 13.2. The van der Waals surface area contributed by atoms with Gasteiger partial charge in [0.05, 0.1) is 10.6 Å². The van der Waals surface area contributed by atoms with E-state index in [2.05, 4.69) is 36.1 Å². The van der Waals surface area contributed by atoms with Gasteiger partial charge in [-0.3, -0.25) is 4.79 Å². The minimum absolute atomic E-state index is 0. The van der Waals surface area contributed by atoms with Crippen molar-refractivity contribution in [2.24, 2.45) is 10.2 Å². The molecule has 0 aliphatic rings. The zero-order chi connectivity index (χ0) is 28.3. The van der Waals surface area contributed by atoms with Crippen LogP contribution >= 0.6 is 11.6 Å². The van der Waals surface area contributed by atoms with Crippen molar-refractivity contribution < 1.29 is 98.6 Å². The Morgan fingerprint density at radius 3 is 2.20 bits per heavy atom. The molecule has 0 aliphatic carbocycles. The molecule has 2 aromatic carbocycles. The van der Waals surface area contributed by atoms with Crippen LogP contribution in [-0.2, 0) is 25.0 Å². The molecule has 40 heavy (non-hydrogen) atoms. The van der Waals surface area contributed by atoms with Crippen LogP contribution in [0.4, 0.5) is 43.0 Å². The van der Waals surface area contributed by atoms with Crippen molar-refractivity contribution in [3.8, 4) is 0 Å². The van der Waals surface area contributed by atoms with Crippen LogP contribution in [0.15, 0.2) is 51.5 Å². The summed E-state index contributed by atoms with van der Waals surface area (Å²) in [7, 11) is -9.68. The van der Waals surface area contributed by atoms with Crippen LogP contribution in [0.3, 0.4) is 0 Å². The number of amides is 1. The Morgan fingerprint density at radius 1 is 0.975 bits per heavy atom. The molecule has 0 fully saturated rings. The van der Waals surface area contributed by atoms with E-state index in [0.29, 0.717) is 0 Å². The predicted octanol–water partition coefficient (Wildman–Crippen LogP) is -2.65. The van der Waals surface area contributed by atoms with Gasteiger partial charge in [-0.15, -0.1) is 10.2 Å². The number of benzene rings is 2. The SMILES string of the molecule is CC(=O)Nc1cc(NCS(=O)(=O)[O-])ccc1N=Nc1cc(Nc2nc(F)nc(F)c2Cl)ccc1S(=O)(=O)[O-].[Na+].[Na+]. The van der Waals surface area contributed by atoms with Crippen molar-refractivity contribution in [1.29, 1.82) is 0 Å². The Labute approximate surface area is 275 Å². The van der Waals surface area contributed by atoms with E-state index in [1.165, 1.54) is 18.2 Å². The minimum Gasteiger partial charge on any atom is -0.747 e. The first kappa shape index (κ1) is 36.2. The number of azo groups is 1. The third-order valence-electron chi connectivity index (χ3n) is 4.30. The quantitative estimate of drug-likeness (QED) is 0.0725. The average Bonchev–Trinajstić information content (AvgIpc) is 2.79. The number of aromatic nitrogens is 2. The summed E-state index contributed by atoms with van der Waals surface area (Å²) in [6.07, 6.45) is -1.44. The van der Waals surface area contributed by atoms with E-state index in [1.807, 2.05) is 0 Å². The third-order valence-corrected chi connectivity index (χ3v) is 6.02. The molecule has 0 saturated heterocycles. The van der Waals surface area contributed by atoms with Gasteiger partial charge in [0.2, 0.25) is 11.9 Å². The molecule has 0 bridgehead atoms. The van der Waals surface area contributed by atoms with Crippen molar-refractivity contribution >= 4 is 72.0 Å². The molecule has 0 spiro atoms. The molecular formula is C19H14ClF2N7Na2O7S2. The molecule has 0 radical (unpaired) electrons. The molecule has 3 rings (SSSR count). The molecular weight excluding hydrogens is 622 g/mol. The predicted molar refractivity (Wildman–Crippen MR) is 128 cm³/mol. The monoisotopic (exact) mass is 635 g/mol. The fourth-order valence-corrected chi connectivity index (χ4v) is 3.87. The van der Waals surface area contributed by atoms with Crippen molar-refractivity contribution in [2.45, 2.75) is 11.8 Å². The van der Waals surface area contributed by atoms with Gasteiger partial charge < -0.3 is 25.1 Å². The average molecular weight is 636 g/mol. The van der Waals surface area contributed by atoms with E-state index in [0.717, 1.165) is 25.1 Å². The maximum Gasteiger partial charge on any atom is 1.00 e. The Morgan fingerprint density at radius 2 is 1.60 bits per heavy atom. The van der Waals surface area contributed by atoms with Gasteiger partial charge >= 0.3 is 65.2 Å². The maximum atomic E-state index is 13.6. The van der Waals surface area contributed by atoms with Crippen LogP contribution in [0.2, 0.25) is 5.02 Å². The molecule has 202 valence electrons. The number of halogens is 3. The van der Waals surface area contributed by atoms with Gasteiger partial charge in [0, 0.05) is 18.3 Å². The van der Waals surface area contributed by atoms with Crippen LogP contribution in [0.25, 0.3) is 0 Å². The number of rotatable bonds is 9. The Bertz CT molecular complexity index is 1670. The summed E-state index contributed by atoms with van der Waals surface area (Å²) < 4.78 is 94.7. The molecule has 3 N–H and O–H groups in total. The second kappa shape index (κ2) is 14.9. The van der Waals surface area contributed by atoms with Crippen molar-refractivity contribution in [1.82, 2.24) is 9.97 Å². The van der Waals surface area contributed by atoms with Gasteiger partial charge in [0.25, 0.3) is 0 Å². The molecule has 0 unspecified atom stereocenters. The summed E-state index contributed by atoms with van der Waals surface area (Å²) >= 11 is 5.71. The summed E-state index contributed by atoms with van der Waals surface area (Å²) in [5.74, 6) is -3.38. The molecule has 1 amide bonds. The largest absolute Gasteiger partial charge is 1.00 e. The smallest absolute Gasteiger partial charge is 0.747 e. The van der Waals surface area contributed by atoms with Crippen molar-refractivity contribution in [3.05, 3.63) is 53.4 Å². The molecule has 3 aromatic rings. The Hall–Kier alpha value is -1.84. The van der Waals surface area contributed by atoms with Gasteiger partial charge in [-0.25, -0.2) is 16.8 Å². The number of hydrogen-bond donors (Lipinski definition) is 3. The van der Waals surface area contributed by atoms with Gasteiger partial charge in [-0.1, -0.05) is 11.6 Å².